The Hall–Kier alpha value is -4.73. The maximum atomic E-state index is 12.7. The number of alkyl carbamates (subject to hydrolysis) is 1. The molecule has 0 aliphatic carbocycles. The Morgan fingerprint density at radius 3 is 2.55 bits per heavy atom. The number of ether oxygens (including phenoxy) is 1. The molecule has 1 unspecified atom stereocenters. The van der Waals surface area contributed by atoms with E-state index in [-0.39, 0.29) is 11.9 Å². The van der Waals surface area contributed by atoms with E-state index in [9.17, 15) is 9.59 Å². The Balaban J connectivity index is 1.28. The maximum Gasteiger partial charge on any atom is 0.408 e. The van der Waals surface area contributed by atoms with Gasteiger partial charge in [-0.05, 0) is 76.8 Å². The van der Waals surface area contributed by atoms with Crippen molar-refractivity contribution in [2.24, 2.45) is 4.99 Å². The quantitative estimate of drug-likeness (QED) is 0.342. The summed E-state index contributed by atoms with van der Waals surface area (Å²) in [7, 11) is 0. The molecule has 0 spiro atoms. The molecule has 0 saturated carbocycles. The number of nitrogens with zero attached hydrogens (tertiary/aromatic N) is 5. The van der Waals surface area contributed by atoms with E-state index in [0.29, 0.717) is 43.7 Å². The van der Waals surface area contributed by atoms with Gasteiger partial charge in [-0.3, -0.25) is 14.6 Å². The Kier molecular flexibility index (Phi) is 8.71. The zero-order chi connectivity index (χ0) is 31.5. The Labute approximate surface area is 259 Å². The van der Waals surface area contributed by atoms with Crippen LogP contribution in [0.1, 0.15) is 64.7 Å². The number of aliphatic imine (C=N–C) groups is 1. The second-order valence-corrected chi connectivity index (χ2v) is 12.7. The molecule has 10 heteroatoms. The first-order chi connectivity index (χ1) is 20.9. The van der Waals surface area contributed by atoms with Crippen LogP contribution < -0.4 is 15.5 Å². The van der Waals surface area contributed by atoms with E-state index in [1.807, 2.05) is 94.1 Å². The van der Waals surface area contributed by atoms with E-state index in [1.165, 1.54) is 0 Å². The van der Waals surface area contributed by atoms with Crippen LogP contribution in [0, 0.1) is 0 Å². The van der Waals surface area contributed by atoms with Gasteiger partial charge in [0, 0.05) is 31.7 Å². The Morgan fingerprint density at radius 1 is 1.02 bits per heavy atom. The first-order valence-electron chi connectivity index (χ1n) is 15.0. The van der Waals surface area contributed by atoms with Crippen LogP contribution in [-0.4, -0.2) is 57.6 Å². The summed E-state index contributed by atoms with van der Waals surface area (Å²) in [6.45, 7) is 12.5. The van der Waals surface area contributed by atoms with Gasteiger partial charge in [-0.1, -0.05) is 54.6 Å². The first kappa shape index (κ1) is 30.7. The summed E-state index contributed by atoms with van der Waals surface area (Å²) in [6.07, 6.45) is 4.35. The molecule has 1 saturated heterocycles. The molecule has 3 heterocycles. The lowest BCUT2D eigenvalue weighted by Gasteiger charge is -2.38. The van der Waals surface area contributed by atoms with E-state index < -0.39 is 17.2 Å². The summed E-state index contributed by atoms with van der Waals surface area (Å²) in [4.78, 5) is 43.1. The summed E-state index contributed by atoms with van der Waals surface area (Å²) in [5, 5.41) is 6.41. The highest BCUT2D eigenvalue weighted by Crippen LogP contribution is 2.27. The zero-order valence-electron chi connectivity index (χ0n) is 26.3. The van der Waals surface area contributed by atoms with Crippen molar-refractivity contribution in [2.75, 3.05) is 23.3 Å². The molecule has 2 aliphatic heterocycles. The molecular weight excluding hydrogens is 554 g/mol. The Bertz CT molecular complexity index is 1580. The van der Waals surface area contributed by atoms with Crippen molar-refractivity contribution in [3.63, 3.8) is 0 Å². The number of benzene rings is 2. The summed E-state index contributed by atoms with van der Waals surface area (Å²) < 4.78 is 5.46. The van der Waals surface area contributed by atoms with Crippen LogP contribution >= 0.6 is 0 Å². The van der Waals surface area contributed by atoms with Crippen molar-refractivity contribution in [1.82, 2.24) is 20.2 Å². The van der Waals surface area contributed by atoms with Crippen molar-refractivity contribution in [2.45, 2.75) is 71.6 Å². The van der Waals surface area contributed by atoms with Crippen LogP contribution in [-0.2, 0) is 21.5 Å². The van der Waals surface area contributed by atoms with Gasteiger partial charge >= 0.3 is 6.09 Å². The third kappa shape index (κ3) is 7.42. The number of hydrogen-bond donors (Lipinski definition) is 2. The van der Waals surface area contributed by atoms with Gasteiger partial charge in [-0.25, -0.2) is 14.8 Å². The second-order valence-electron chi connectivity index (χ2n) is 12.7. The number of amides is 2. The lowest BCUT2D eigenvalue weighted by Crippen LogP contribution is -2.54. The molecule has 1 fully saturated rings. The first-order valence-corrected chi connectivity index (χ1v) is 15.0. The predicted octanol–water partition coefficient (Wildman–Crippen LogP) is 5.73. The SMILES string of the molecule is CC(Cc1cccc(C(C)(C)NC(=O)OC(C)(C)C)c1)Nc1nccc(N2CCC(=O)N3CC=C(c4ccccc4)N=C32)n1. The molecule has 2 aromatic carbocycles. The highest BCUT2D eigenvalue weighted by atomic mass is 16.6. The van der Waals surface area contributed by atoms with Crippen LogP contribution in [0.5, 0.6) is 0 Å². The van der Waals surface area contributed by atoms with Gasteiger partial charge in [0.25, 0.3) is 0 Å². The molecular formula is C34H41N7O3. The average Bonchev–Trinajstić information content (AvgIpc) is 2.96. The van der Waals surface area contributed by atoms with Crippen LogP contribution in [0.3, 0.4) is 0 Å². The molecule has 3 aromatic rings. The number of aromatic nitrogens is 2. The van der Waals surface area contributed by atoms with Crippen LogP contribution in [0.15, 0.2) is 77.9 Å². The van der Waals surface area contributed by atoms with Crippen molar-refractivity contribution in [3.05, 3.63) is 89.6 Å². The number of anilines is 2. The lowest BCUT2D eigenvalue weighted by molar-refractivity contribution is -0.127. The summed E-state index contributed by atoms with van der Waals surface area (Å²) in [5.74, 6) is 1.81. The zero-order valence-corrected chi connectivity index (χ0v) is 26.3. The smallest absolute Gasteiger partial charge is 0.408 e. The van der Waals surface area contributed by atoms with E-state index >= 15 is 0 Å². The van der Waals surface area contributed by atoms with Gasteiger partial charge in [0.2, 0.25) is 17.8 Å². The van der Waals surface area contributed by atoms with Gasteiger partial charge in [0.1, 0.15) is 11.4 Å². The summed E-state index contributed by atoms with van der Waals surface area (Å²) >= 11 is 0. The minimum atomic E-state index is -0.617. The van der Waals surface area contributed by atoms with E-state index in [2.05, 4.69) is 34.7 Å². The van der Waals surface area contributed by atoms with Crippen LogP contribution in [0.25, 0.3) is 5.70 Å². The largest absolute Gasteiger partial charge is 0.444 e. The third-order valence-electron chi connectivity index (χ3n) is 7.39. The van der Waals surface area contributed by atoms with Gasteiger partial charge < -0.3 is 15.4 Å². The van der Waals surface area contributed by atoms with Gasteiger partial charge in [0.05, 0.1) is 11.2 Å². The predicted molar refractivity (Wildman–Crippen MR) is 173 cm³/mol. The molecule has 0 bridgehead atoms. The topological polar surface area (TPSA) is 112 Å². The van der Waals surface area contributed by atoms with Crippen LogP contribution in [0.4, 0.5) is 16.6 Å². The number of nitrogens with one attached hydrogen (secondary N) is 2. The summed E-state index contributed by atoms with van der Waals surface area (Å²) in [5.41, 5.74) is 2.74. The highest BCUT2D eigenvalue weighted by Gasteiger charge is 2.34. The Morgan fingerprint density at radius 2 is 1.80 bits per heavy atom. The number of fused-ring (bicyclic) bond motifs is 1. The van der Waals surface area contributed by atoms with Crippen molar-refractivity contribution >= 4 is 35.4 Å². The number of hydrogen-bond acceptors (Lipinski definition) is 8. The number of rotatable bonds is 8. The third-order valence-corrected chi connectivity index (χ3v) is 7.39. The molecule has 2 N–H and O–H groups in total. The molecule has 2 aliphatic rings. The number of carbonyl (C=O) groups excluding carboxylic acids is 2. The number of guanidine groups is 1. The molecule has 1 aromatic heterocycles. The standard InChI is InChI=1S/C34H41N7O3/c1-23(21-24-11-10-14-26(22-24)34(5,6)39-32(43)44-33(2,3)4)36-30-35-18-15-28(38-30)40-20-17-29(42)41-19-16-27(37-31(40)41)25-12-8-7-9-13-25/h7-16,18,22-23H,17,19-21H2,1-6H3,(H,39,43)(H,35,36,38). The minimum absolute atomic E-state index is 0.0153. The molecule has 10 nitrogen and oxygen atoms in total. The van der Waals surface area contributed by atoms with Gasteiger partial charge in [-0.2, -0.15) is 4.98 Å². The van der Waals surface area contributed by atoms with Crippen LogP contribution in [0.2, 0.25) is 0 Å². The minimum Gasteiger partial charge on any atom is -0.444 e. The van der Waals surface area contributed by atoms with Gasteiger partial charge in [0.15, 0.2) is 0 Å². The fourth-order valence-electron chi connectivity index (χ4n) is 5.26. The molecule has 5 rings (SSSR count). The van der Waals surface area contributed by atoms with E-state index in [4.69, 9.17) is 14.7 Å². The highest BCUT2D eigenvalue weighted by molar-refractivity contribution is 6.10. The fraction of sp³-hybridized carbons (Fsp3) is 0.382. The molecule has 230 valence electrons. The van der Waals surface area contributed by atoms with E-state index in [0.717, 1.165) is 22.4 Å². The fourth-order valence-corrected chi connectivity index (χ4v) is 5.26. The monoisotopic (exact) mass is 595 g/mol. The van der Waals surface area contributed by atoms with Crippen molar-refractivity contribution in [1.29, 1.82) is 0 Å². The van der Waals surface area contributed by atoms with E-state index in [1.54, 1.807) is 11.1 Å². The normalized spacial score (nSPS) is 16.0. The molecule has 0 radical (unpaired) electrons. The lowest BCUT2D eigenvalue weighted by atomic mass is 9.92. The molecule has 2 amide bonds. The summed E-state index contributed by atoms with van der Waals surface area (Å²) in [6, 6.07) is 20.0. The molecule has 1 atom stereocenters. The van der Waals surface area contributed by atoms with Crippen molar-refractivity contribution < 1.29 is 14.3 Å². The van der Waals surface area contributed by atoms with Crippen molar-refractivity contribution in [3.8, 4) is 0 Å². The second kappa shape index (κ2) is 12.5. The van der Waals surface area contributed by atoms with Gasteiger partial charge in [-0.15, -0.1) is 0 Å². The average molecular weight is 596 g/mol. The maximum absolute atomic E-state index is 12.7. The number of carbonyl (C=O) groups is 2. The molecule has 44 heavy (non-hydrogen) atoms.